The van der Waals surface area contributed by atoms with Crippen LogP contribution in [0, 0.1) is 5.92 Å². The lowest BCUT2D eigenvalue weighted by Crippen LogP contribution is -2.39. The molecule has 2 aliphatic carbocycles. The van der Waals surface area contributed by atoms with Crippen molar-refractivity contribution in [2.45, 2.75) is 83.8 Å². The van der Waals surface area contributed by atoms with Gasteiger partial charge in [0.1, 0.15) is 0 Å². The van der Waals surface area contributed by atoms with Crippen LogP contribution in [0.2, 0.25) is 0 Å². The van der Waals surface area contributed by atoms with E-state index in [9.17, 15) is 0 Å². The fourth-order valence-corrected chi connectivity index (χ4v) is 3.08. The van der Waals surface area contributed by atoms with Crippen LogP contribution in [-0.4, -0.2) is 37.8 Å². The molecule has 4 nitrogen and oxygen atoms in total. The molecule has 2 unspecified atom stereocenters. The molecule has 0 heterocycles. The second kappa shape index (κ2) is 12.3. The Morgan fingerprint density at radius 1 is 1.13 bits per heavy atom. The monoisotopic (exact) mass is 437 g/mol. The smallest absolute Gasteiger partial charge is 0.191 e. The van der Waals surface area contributed by atoms with Gasteiger partial charge in [0.15, 0.2) is 5.96 Å². The van der Waals surface area contributed by atoms with Crippen LogP contribution in [0.5, 0.6) is 0 Å². The number of aliphatic imine (C=N–C) groups is 1. The van der Waals surface area contributed by atoms with Crippen LogP contribution in [0.3, 0.4) is 0 Å². The maximum atomic E-state index is 5.96. The molecular formula is C18H36IN3O. The van der Waals surface area contributed by atoms with Crippen molar-refractivity contribution in [2.75, 3.05) is 19.7 Å². The molecule has 0 spiro atoms. The van der Waals surface area contributed by atoms with Gasteiger partial charge < -0.3 is 15.4 Å². The average Bonchev–Trinajstić information content (AvgIpc) is 3.22. The summed E-state index contributed by atoms with van der Waals surface area (Å²) < 4.78 is 5.96. The van der Waals surface area contributed by atoms with Crippen molar-refractivity contribution in [3.8, 4) is 0 Å². The molecule has 136 valence electrons. The van der Waals surface area contributed by atoms with E-state index >= 15 is 0 Å². The van der Waals surface area contributed by atoms with Gasteiger partial charge in [0, 0.05) is 25.7 Å². The molecule has 0 bridgehead atoms. The van der Waals surface area contributed by atoms with Gasteiger partial charge >= 0.3 is 0 Å². The van der Waals surface area contributed by atoms with Gasteiger partial charge in [-0.2, -0.15) is 0 Å². The Labute approximate surface area is 159 Å². The van der Waals surface area contributed by atoms with E-state index < -0.39 is 0 Å². The van der Waals surface area contributed by atoms with Crippen molar-refractivity contribution >= 4 is 29.9 Å². The second-order valence-corrected chi connectivity index (χ2v) is 6.92. The molecule has 23 heavy (non-hydrogen) atoms. The van der Waals surface area contributed by atoms with Crippen LogP contribution in [0.4, 0.5) is 0 Å². The SMILES string of the molecule is CCNC(=NCCCCCOC1CCCCC1)NC1CC1C.I. The summed E-state index contributed by atoms with van der Waals surface area (Å²) in [6.07, 6.45) is 12.1. The molecule has 0 radical (unpaired) electrons. The fraction of sp³-hybridized carbons (Fsp3) is 0.944. The van der Waals surface area contributed by atoms with Crippen LogP contribution >= 0.6 is 24.0 Å². The normalized spacial score (nSPS) is 24.9. The third kappa shape index (κ3) is 9.13. The molecule has 2 saturated carbocycles. The maximum absolute atomic E-state index is 5.96. The van der Waals surface area contributed by atoms with Crippen molar-refractivity contribution < 1.29 is 4.74 Å². The van der Waals surface area contributed by atoms with E-state index in [2.05, 4.69) is 29.5 Å². The molecule has 2 atom stereocenters. The molecule has 5 heteroatoms. The van der Waals surface area contributed by atoms with Crippen LogP contribution in [-0.2, 0) is 4.74 Å². The minimum absolute atomic E-state index is 0. The van der Waals surface area contributed by atoms with Crippen LogP contribution in [0.1, 0.15) is 71.6 Å². The first-order valence-corrected chi connectivity index (χ1v) is 9.46. The zero-order valence-corrected chi connectivity index (χ0v) is 17.3. The number of unbranched alkanes of at least 4 members (excludes halogenated alkanes) is 2. The molecule has 0 aliphatic heterocycles. The zero-order valence-electron chi connectivity index (χ0n) is 15.0. The lowest BCUT2D eigenvalue weighted by Gasteiger charge is -2.21. The Morgan fingerprint density at radius 2 is 1.87 bits per heavy atom. The van der Waals surface area contributed by atoms with E-state index in [1.54, 1.807) is 0 Å². The molecule has 2 aliphatic rings. The van der Waals surface area contributed by atoms with Gasteiger partial charge in [-0.3, -0.25) is 4.99 Å². The molecule has 0 saturated heterocycles. The highest BCUT2D eigenvalue weighted by atomic mass is 127. The van der Waals surface area contributed by atoms with E-state index in [0.29, 0.717) is 12.1 Å². The summed E-state index contributed by atoms with van der Waals surface area (Å²) in [5.74, 6) is 1.80. The van der Waals surface area contributed by atoms with E-state index in [0.717, 1.165) is 38.0 Å². The predicted molar refractivity (Wildman–Crippen MR) is 109 cm³/mol. The Kier molecular flexibility index (Phi) is 11.3. The van der Waals surface area contributed by atoms with Gasteiger partial charge in [0.2, 0.25) is 0 Å². The predicted octanol–water partition coefficient (Wildman–Crippen LogP) is 4.09. The van der Waals surface area contributed by atoms with Crippen molar-refractivity contribution in [1.82, 2.24) is 10.6 Å². The minimum Gasteiger partial charge on any atom is -0.378 e. The number of nitrogens with zero attached hydrogens (tertiary/aromatic N) is 1. The van der Waals surface area contributed by atoms with E-state index in [-0.39, 0.29) is 24.0 Å². The zero-order chi connectivity index (χ0) is 15.6. The summed E-state index contributed by atoms with van der Waals surface area (Å²) in [4.78, 5) is 4.67. The highest BCUT2D eigenvalue weighted by Crippen LogP contribution is 2.28. The lowest BCUT2D eigenvalue weighted by molar-refractivity contribution is 0.0264. The highest BCUT2D eigenvalue weighted by molar-refractivity contribution is 14.0. The quantitative estimate of drug-likeness (QED) is 0.247. The largest absolute Gasteiger partial charge is 0.378 e. The summed E-state index contributed by atoms with van der Waals surface area (Å²) in [5, 5.41) is 6.83. The summed E-state index contributed by atoms with van der Waals surface area (Å²) in [5.41, 5.74) is 0. The fourth-order valence-electron chi connectivity index (χ4n) is 3.08. The number of halogens is 1. The van der Waals surface area contributed by atoms with Gasteiger partial charge in [-0.25, -0.2) is 0 Å². The Balaban J connectivity index is 0.00000264. The number of ether oxygens (including phenoxy) is 1. The standard InChI is InChI=1S/C18H35N3O.HI/c1-3-19-18(21-17-14-15(17)2)20-12-8-5-9-13-22-16-10-6-4-7-11-16;/h15-17H,3-14H2,1-2H3,(H2,19,20,21);1H. The van der Waals surface area contributed by atoms with Gasteiger partial charge in [-0.1, -0.05) is 26.2 Å². The van der Waals surface area contributed by atoms with Gasteiger partial charge in [-0.05, 0) is 51.4 Å². The Hall–Kier alpha value is -0.0400. The first kappa shape index (κ1) is 21.0. The number of guanidine groups is 1. The van der Waals surface area contributed by atoms with Crippen molar-refractivity contribution in [3.63, 3.8) is 0 Å². The number of rotatable bonds is 9. The summed E-state index contributed by atoms with van der Waals surface area (Å²) in [6, 6.07) is 0.640. The number of hydrogen-bond donors (Lipinski definition) is 2. The third-order valence-electron chi connectivity index (χ3n) is 4.75. The molecule has 2 fully saturated rings. The summed E-state index contributed by atoms with van der Waals surface area (Å²) in [6.45, 7) is 7.19. The summed E-state index contributed by atoms with van der Waals surface area (Å²) in [7, 11) is 0. The van der Waals surface area contributed by atoms with E-state index in [4.69, 9.17) is 4.74 Å². The molecule has 0 aromatic carbocycles. The third-order valence-corrected chi connectivity index (χ3v) is 4.75. The van der Waals surface area contributed by atoms with Gasteiger partial charge in [0.05, 0.1) is 6.10 Å². The molecule has 0 aromatic rings. The summed E-state index contributed by atoms with van der Waals surface area (Å²) >= 11 is 0. The molecule has 0 aromatic heterocycles. The van der Waals surface area contributed by atoms with E-state index in [1.165, 1.54) is 51.4 Å². The Bertz CT molecular complexity index is 332. The molecule has 2 rings (SSSR count). The first-order chi connectivity index (χ1) is 10.8. The number of hydrogen-bond acceptors (Lipinski definition) is 2. The van der Waals surface area contributed by atoms with E-state index in [1.807, 2.05) is 0 Å². The van der Waals surface area contributed by atoms with Crippen LogP contribution in [0.15, 0.2) is 4.99 Å². The Morgan fingerprint density at radius 3 is 2.52 bits per heavy atom. The minimum atomic E-state index is 0. The maximum Gasteiger partial charge on any atom is 0.191 e. The average molecular weight is 437 g/mol. The highest BCUT2D eigenvalue weighted by Gasteiger charge is 2.33. The van der Waals surface area contributed by atoms with Crippen molar-refractivity contribution in [2.24, 2.45) is 10.9 Å². The molecule has 0 amide bonds. The first-order valence-electron chi connectivity index (χ1n) is 9.46. The molecular weight excluding hydrogens is 401 g/mol. The van der Waals surface area contributed by atoms with Gasteiger partial charge in [0.25, 0.3) is 0 Å². The topological polar surface area (TPSA) is 45.7 Å². The van der Waals surface area contributed by atoms with Crippen LogP contribution in [0.25, 0.3) is 0 Å². The van der Waals surface area contributed by atoms with Crippen molar-refractivity contribution in [1.29, 1.82) is 0 Å². The lowest BCUT2D eigenvalue weighted by atomic mass is 9.98. The van der Waals surface area contributed by atoms with Crippen molar-refractivity contribution in [3.05, 3.63) is 0 Å². The second-order valence-electron chi connectivity index (χ2n) is 6.92. The molecule has 2 N–H and O–H groups in total. The number of nitrogens with one attached hydrogen (secondary N) is 2. The van der Waals surface area contributed by atoms with Crippen LogP contribution < -0.4 is 10.6 Å². The van der Waals surface area contributed by atoms with Gasteiger partial charge in [-0.15, -0.1) is 24.0 Å².